The van der Waals surface area contributed by atoms with Crippen molar-refractivity contribution in [3.05, 3.63) is 17.5 Å². The van der Waals surface area contributed by atoms with Gasteiger partial charge >= 0.3 is 0 Å². The molecule has 3 nitrogen and oxygen atoms in total. The Hall–Kier alpha value is -0.830. The maximum atomic E-state index is 5.67. The molecule has 2 rings (SSSR count). The lowest BCUT2D eigenvalue weighted by atomic mass is 10.0. The van der Waals surface area contributed by atoms with Crippen LogP contribution in [0.5, 0.6) is 0 Å². The van der Waals surface area contributed by atoms with Gasteiger partial charge < -0.3 is 5.73 Å². The smallest absolute Gasteiger partial charge is 0.0690 e. The van der Waals surface area contributed by atoms with Crippen LogP contribution < -0.4 is 5.73 Å². The zero-order valence-corrected chi connectivity index (χ0v) is 8.33. The van der Waals surface area contributed by atoms with Crippen molar-refractivity contribution in [1.29, 1.82) is 0 Å². The SMILES string of the molecule is CC(CN)c1cn(C)nc1C1CC1. The summed E-state index contributed by atoms with van der Waals surface area (Å²) >= 11 is 0. The summed E-state index contributed by atoms with van der Waals surface area (Å²) in [5.74, 6) is 1.18. The van der Waals surface area contributed by atoms with Crippen LogP contribution in [0.2, 0.25) is 0 Å². The minimum absolute atomic E-state index is 0.448. The van der Waals surface area contributed by atoms with Crippen molar-refractivity contribution in [1.82, 2.24) is 9.78 Å². The van der Waals surface area contributed by atoms with Crippen LogP contribution in [0.25, 0.3) is 0 Å². The number of nitrogens with zero attached hydrogens (tertiary/aromatic N) is 2. The monoisotopic (exact) mass is 179 g/mol. The molecule has 13 heavy (non-hydrogen) atoms. The van der Waals surface area contributed by atoms with Gasteiger partial charge in [-0.25, -0.2) is 0 Å². The van der Waals surface area contributed by atoms with Crippen molar-refractivity contribution in [3.63, 3.8) is 0 Å². The maximum absolute atomic E-state index is 5.67. The molecular formula is C10H17N3. The Labute approximate surface area is 78.9 Å². The fourth-order valence-corrected chi connectivity index (χ4v) is 1.70. The van der Waals surface area contributed by atoms with E-state index in [4.69, 9.17) is 5.73 Å². The first-order valence-electron chi connectivity index (χ1n) is 4.96. The first-order chi connectivity index (χ1) is 6.22. The van der Waals surface area contributed by atoms with E-state index in [-0.39, 0.29) is 0 Å². The Bertz CT molecular complexity index is 299. The molecule has 1 aliphatic carbocycles. The van der Waals surface area contributed by atoms with E-state index in [2.05, 4.69) is 18.2 Å². The summed E-state index contributed by atoms with van der Waals surface area (Å²) < 4.78 is 1.91. The first-order valence-corrected chi connectivity index (χ1v) is 4.96. The summed E-state index contributed by atoms with van der Waals surface area (Å²) in [4.78, 5) is 0. The molecule has 0 bridgehead atoms. The molecule has 1 aromatic rings. The van der Waals surface area contributed by atoms with Crippen LogP contribution in [-0.4, -0.2) is 16.3 Å². The second-order valence-electron chi connectivity index (χ2n) is 4.05. The largest absolute Gasteiger partial charge is 0.330 e. The van der Waals surface area contributed by atoms with Crippen molar-refractivity contribution in [2.24, 2.45) is 12.8 Å². The minimum Gasteiger partial charge on any atom is -0.330 e. The van der Waals surface area contributed by atoms with E-state index < -0.39 is 0 Å². The molecule has 3 heteroatoms. The van der Waals surface area contributed by atoms with Crippen LogP contribution in [0, 0.1) is 0 Å². The third kappa shape index (κ3) is 1.61. The van der Waals surface area contributed by atoms with E-state index in [1.165, 1.54) is 24.1 Å². The van der Waals surface area contributed by atoms with Crippen LogP contribution in [0.3, 0.4) is 0 Å². The molecule has 1 fully saturated rings. The van der Waals surface area contributed by atoms with Gasteiger partial charge in [0.15, 0.2) is 0 Å². The lowest BCUT2D eigenvalue weighted by Crippen LogP contribution is -2.09. The predicted octanol–water partition coefficient (Wildman–Crippen LogP) is 1.36. The van der Waals surface area contributed by atoms with Gasteiger partial charge in [-0.1, -0.05) is 6.92 Å². The van der Waals surface area contributed by atoms with Gasteiger partial charge in [-0.2, -0.15) is 5.10 Å². The van der Waals surface area contributed by atoms with Crippen molar-refractivity contribution < 1.29 is 0 Å². The van der Waals surface area contributed by atoms with Gasteiger partial charge in [-0.3, -0.25) is 4.68 Å². The molecule has 0 amide bonds. The van der Waals surface area contributed by atoms with E-state index in [1.807, 2.05) is 11.7 Å². The highest BCUT2D eigenvalue weighted by atomic mass is 15.3. The van der Waals surface area contributed by atoms with Gasteiger partial charge in [0.05, 0.1) is 5.69 Å². The summed E-state index contributed by atoms with van der Waals surface area (Å²) in [5, 5.41) is 4.50. The van der Waals surface area contributed by atoms with Gasteiger partial charge in [0.1, 0.15) is 0 Å². The Morgan fingerprint density at radius 2 is 2.38 bits per heavy atom. The molecule has 0 saturated heterocycles. The molecule has 1 heterocycles. The quantitative estimate of drug-likeness (QED) is 0.761. The highest BCUT2D eigenvalue weighted by Crippen LogP contribution is 2.42. The first kappa shape index (κ1) is 8.75. The predicted molar refractivity (Wildman–Crippen MR) is 52.7 cm³/mol. The van der Waals surface area contributed by atoms with Crippen molar-refractivity contribution >= 4 is 0 Å². The van der Waals surface area contributed by atoms with Gasteiger partial charge in [0, 0.05) is 19.2 Å². The molecule has 1 unspecified atom stereocenters. The normalized spacial score (nSPS) is 19.0. The highest BCUT2D eigenvalue weighted by Gasteiger charge is 2.29. The summed E-state index contributed by atoms with van der Waals surface area (Å²) in [6.07, 6.45) is 4.73. The molecule has 1 aromatic heterocycles. The van der Waals surface area contributed by atoms with Gasteiger partial charge in [0.2, 0.25) is 0 Å². The molecule has 1 saturated carbocycles. The number of hydrogen-bond acceptors (Lipinski definition) is 2. The summed E-state index contributed by atoms with van der Waals surface area (Å²) in [5.41, 5.74) is 8.31. The van der Waals surface area contributed by atoms with Crippen molar-refractivity contribution in [2.45, 2.75) is 31.6 Å². The van der Waals surface area contributed by atoms with E-state index in [0.717, 1.165) is 5.92 Å². The van der Waals surface area contributed by atoms with Crippen LogP contribution in [-0.2, 0) is 7.05 Å². The summed E-state index contributed by atoms with van der Waals surface area (Å²) in [6.45, 7) is 2.88. The Balaban J connectivity index is 2.30. The van der Waals surface area contributed by atoms with E-state index in [9.17, 15) is 0 Å². The molecule has 0 spiro atoms. The van der Waals surface area contributed by atoms with Crippen molar-refractivity contribution in [2.75, 3.05) is 6.54 Å². The average molecular weight is 179 g/mol. The third-order valence-corrected chi connectivity index (χ3v) is 2.74. The average Bonchev–Trinajstić information content (AvgIpc) is 2.89. The molecule has 1 aliphatic rings. The van der Waals surface area contributed by atoms with E-state index in [1.54, 1.807) is 0 Å². The topological polar surface area (TPSA) is 43.8 Å². The number of nitrogens with two attached hydrogens (primary N) is 1. The molecule has 0 aromatic carbocycles. The zero-order chi connectivity index (χ0) is 9.42. The lowest BCUT2D eigenvalue weighted by molar-refractivity contribution is 0.743. The fourth-order valence-electron chi connectivity index (χ4n) is 1.70. The molecule has 2 N–H and O–H groups in total. The van der Waals surface area contributed by atoms with Crippen molar-refractivity contribution in [3.8, 4) is 0 Å². The van der Waals surface area contributed by atoms with Gasteiger partial charge in [0.25, 0.3) is 0 Å². The molecule has 72 valence electrons. The fraction of sp³-hybridized carbons (Fsp3) is 0.700. The second kappa shape index (κ2) is 3.14. The molecular weight excluding hydrogens is 162 g/mol. The van der Waals surface area contributed by atoms with E-state index >= 15 is 0 Å². The molecule has 0 radical (unpaired) electrons. The second-order valence-corrected chi connectivity index (χ2v) is 4.05. The Morgan fingerprint density at radius 3 is 2.92 bits per heavy atom. The standard InChI is InChI=1S/C10H17N3/c1-7(5-11)9-6-13(2)12-10(9)8-3-4-8/h6-8H,3-5,11H2,1-2H3. The lowest BCUT2D eigenvalue weighted by Gasteiger charge is -2.07. The maximum Gasteiger partial charge on any atom is 0.0690 e. The van der Waals surface area contributed by atoms with E-state index in [0.29, 0.717) is 12.5 Å². The minimum atomic E-state index is 0.448. The Kier molecular flexibility index (Phi) is 2.12. The summed E-state index contributed by atoms with van der Waals surface area (Å²) in [7, 11) is 1.98. The van der Waals surface area contributed by atoms with Gasteiger partial charge in [-0.15, -0.1) is 0 Å². The number of aromatic nitrogens is 2. The van der Waals surface area contributed by atoms with Crippen LogP contribution >= 0.6 is 0 Å². The molecule has 1 atom stereocenters. The number of hydrogen-bond donors (Lipinski definition) is 1. The number of aryl methyl sites for hydroxylation is 1. The van der Waals surface area contributed by atoms with Crippen LogP contribution in [0.4, 0.5) is 0 Å². The zero-order valence-electron chi connectivity index (χ0n) is 8.33. The van der Waals surface area contributed by atoms with Gasteiger partial charge in [-0.05, 0) is 30.9 Å². The summed E-state index contributed by atoms with van der Waals surface area (Å²) in [6, 6.07) is 0. The highest BCUT2D eigenvalue weighted by molar-refractivity contribution is 5.28. The van der Waals surface area contributed by atoms with Crippen LogP contribution in [0.1, 0.15) is 42.9 Å². The number of rotatable bonds is 3. The molecule has 0 aliphatic heterocycles. The third-order valence-electron chi connectivity index (χ3n) is 2.74. The van der Waals surface area contributed by atoms with Crippen LogP contribution in [0.15, 0.2) is 6.20 Å². The Morgan fingerprint density at radius 1 is 1.69 bits per heavy atom.